The third-order valence-corrected chi connectivity index (χ3v) is 5.91. The first-order chi connectivity index (χ1) is 13.4. The molecule has 0 unspecified atom stereocenters. The first-order valence-electron chi connectivity index (χ1n) is 10.2. The van der Waals surface area contributed by atoms with E-state index in [4.69, 9.17) is 9.39 Å². The molecule has 1 atom stereocenters. The van der Waals surface area contributed by atoms with Gasteiger partial charge in [-0.3, -0.25) is 9.59 Å². The summed E-state index contributed by atoms with van der Waals surface area (Å²) >= 11 is 0. The summed E-state index contributed by atoms with van der Waals surface area (Å²) in [5.74, 6) is -0.384. The van der Waals surface area contributed by atoms with E-state index in [-0.39, 0.29) is 36.1 Å². The molecule has 0 aliphatic carbocycles. The van der Waals surface area contributed by atoms with Crippen molar-refractivity contribution in [3.05, 3.63) is 28.8 Å². The van der Waals surface area contributed by atoms with Gasteiger partial charge in [0.25, 0.3) is 0 Å². The Labute approximate surface area is 167 Å². The molecule has 7 heteroatoms. The number of fused-ring (bicyclic) bond motifs is 1. The number of hydrogen-bond acceptors (Lipinski definition) is 6. The van der Waals surface area contributed by atoms with E-state index in [2.05, 4.69) is 5.32 Å². The van der Waals surface area contributed by atoms with E-state index in [1.807, 2.05) is 26.8 Å². The SMILES string of the molecule is Cc1c(C(=O)CC[C@H](C(=O)OC2CCNCC2)C(C)C)ccc2c1B(O)OC2. The van der Waals surface area contributed by atoms with Crippen molar-refractivity contribution in [3.63, 3.8) is 0 Å². The standard InChI is InChI=1S/C21H30BNO5/c1-13(2)17(21(25)28-16-8-10-23-11-9-16)6-7-19(24)18-5-4-15-12-27-22(26)20(15)14(18)3/h4-5,13,16-17,23,26H,6-12H2,1-3H3/t17-/m0/s1. The van der Waals surface area contributed by atoms with Crippen LogP contribution in [0, 0.1) is 18.8 Å². The fraction of sp³-hybridized carbons (Fsp3) is 0.619. The third kappa shape index (κ3) is 4.65. The first kappa shape index (κ1) is 21.0. The number of nitrogens with one attached hydrogen (secondary N) is 1. The van der Waals surface area contributed by atoms with E-state index in [1.54, 1.807) is 6.07 Å². The first-order valence-corrected chi connectivity index (χ1v) is 10.2. The van der Waals surface area contributed by atoms with Crippen molar-refractivity contribution in [1.82, 2.24) is 5.32 Å². The van der Waals surface area contributed by atoms with Crippen LogP contribution in [0.15, 0.2) is 12.1 Å². The van der Waals surface area contributed by atoms with Gasteiger partial charge in [-0.2, -0.15) is 0 Å². The van der Waals surface area contributed by atoms with Gasteiger partial charge in [0.15, 0.2) is 5.78 Å². The van der Waals surface area contributed by atoms with E-state index in [0.717, 1.165) is 37.1 Å². The second-order valence-corrected chi connectivity index (χ2v) is 8.17. The monoisotopic (exact) mass is 387 g/mol. The Hall–Kier alpha value is -1.70. The Morgan fingerprint density at radius 1 is 1.32 bits per heavy atom. The molecule has 2 aliphatic rings. The van der Waals surface area contributed by atoms with Gasteiger partial charge in [0.1, 0.15) is 6.10 Å². The largest absolute Gasteiger partial charge is 0.492 e. The van der Waals surface area contributed by atoms with E-state index in [1.165, 1.54) is 0 Å². The van der Waals surface area contributed by atoms with Crippen LogP contribution in [0.5, 0.6) is 0 Å². The molecule has 0 radical (unpaired) electrons. The minimum absolute atomic E-state index is 0.0142. The molecule has 28 heavy (non-hydrogen) atoms. The van der Waals surface area contributed by atoms with Gasteiger partial charge in [-0.25, -0.2) is 0 Å². The Morgan fingerprint density at radius 3 is 2.71 bits per heavy atom. The normalized spacial score (nSPS) is 18.2. The summed E-state index contributed by atoms with van der Waals surface area (Å²) < 4.78 is 11.0. The van der Waals surface area contributed by atoms with E-state index in [9.17, 15) is 14.6 Å². The van der Waals surface area contributed by atoms with Gasteiger partial charge < -0.3 is 19.7 Å². The Bertz CT molecular complexity index is 730. The second-order valence-electron chi connectivity index (χ2n) is 8.17. The highest BCUT2D eigenvalue weighted by Crippen LogP contribution is 2.24. The van der Waals surface area contributed by atoms with E-state index < -0.39 is 7.12 Å². The molecule has 0 aromatic heterocycles. The van der Waals surface area contributed by atoms with E-state index >= 15 is 0 Å². The number of ether oxygens (including phenoxy) is 1. The van der Waals surface area contributed by atoms with Gasteiger partial charge in [0, 0.05) is 12.0 Å². The summed E-state index contributed by atoms with van der Waals surface area (Å²) in [6, 6.07) is 3.65. The lowest BCUT2D eigenvalue weighted by molar-refractivity contribution is -0.157. The van der Waals surface area contributed by atoms with Crippen molar-refractivity contribution >= 4 is 24.3 Å². The molecule has 0 spiro atoms. The lowest BCUT2D eigenvalue weighted by Crippen LogP contribution is -2.36. The van der Waals surface area contributed by atoms with Crippen molar-refractivity contribution in [2.24, 2.45) is 11.8 Å². The van der Waals surface area contributed by atoms with Crippen LogP contribution in [-0.2, 0) is 20.8 Å². The molecular weight excluding hydrogens is 357 g/mol. The minimum atomic E-state index is -0.967. The minimum Gasteiger partial charge on any atom is -0.462 e. The topological polar surface area (TPSA) is 84.9 Å². The Balaban J connectivity index is 1.63. The summed E-state index contributed by atoms with van der Waals surface area (Å²) in [4.78, 5) is 25.5. The molecule has 0 bridgehead atoms. The van der Waals surface area contributed by atoms with Crippen molar-refractivity contribution in [3.8, 4) is 0 Å². The lowest BCUT2D eigenvalue weighted by atomic mass is 9.74. The molecule has 152 valence electrons. The molecule has 1 aromatic rings. The van der Waals surface area contributed by atoms with Crippen LogP contribution in [-0.4, -0.2) is 43.1 Å². The molecule has 1 saturated heterocycles. The molecule has 1 aromatic carbocycles. The summed E-state index contributed by atoms with van der Waals surface area (Å²) in [6.07, 6.45) is 2.41. The van der Waals surface area contributed by atoms with Crippen LogP contribution in [0.25, 0.3) is 0 Å². The molecule has 2 heterocycles. The number of carbonyl (C=O) groups excluding carboxylic acids is 2. The van der Waals surface area contributed by atoms with Crippen molar-refractivity contribution in [2.45, 2.75) is 59.2 Å². The highest BCUT2D eigenvalue weighted by Gasteiger charge is 2.32. The van der Waals surface area contributed by atoms with Crippen LogP contribution in [0.4, 0.5) is 0 Å². The van der Waals surface area contributed by atoms with Crippen LogP contribution < -0.4 is 10.8 Å². The number of piperidine rings is 1. The van der Waals surface area contributed by atoms with E-state index in [0.29, 0.717) is 24.1 Å². The van der Waals surface area contributed by atoms with Crippen LogP contribution in [0.3, 0.4) is 0 Å². The summed E-state index contributed by atoms with van der Waals surface area (Å²) in [5, 5.41) is 13.3. The zero-order chi connectivity index (χ0) is 20.3. The molecule has 0 saturated carbocycles. The van der Waals surface area contributed by atoms with Gasteiger partial charge >= 0.3 is 13.1 Å². The predicted octanol–water partition coefficient (Wildman–Crippen LogP) is 1.74. The lowest BCUT2D eigenvalue weighted by Gasteiger charge is -2.26. The average Bonchev–Trinajstić information content (AvgIpc) is 3.04. The molecular formula is C21H30BNO5. The maximum atomic E-state index is 12.8. The smallest absolute Gasteiger partial charge is 0.462 e. The molecule has 1 fully saturated rings. The fourth-order valence-electron chi connectivity index (χ4n) is 4.12. The summed E-state index contributed by atoms with van der Waals surface area (Å²) in [5.41, 5.74) is 2.99. The third-order valence-electron chi connectivity index (χ3n) is 5.91. The predicted molar refractivity (Wildman–Crippen MR) is 107 cm³/mol. The van der Waals surface area contributed by atoms with Gasteiger partial charge in [-0.05, 0) is 61.8 Å². The molecule has 3 rings (SSSR count). The summed E-state index contributed by atoms with van der Waals surface area (Å²) in [6.45, 7) is 7.94. The number of carbonyl (C=O) groups is 2. The van der Waals surface area contributed by atoms with Gasteiger partial charge in [0.05, 0.1) is 12.5 Å². The van der Waals surface area contributed by atoms with Crippen molar-refractivity contribution in [2.75, 3.05) is 13.1 Å². The second kappa shape index (κ2) is 9.20. The number of rotatable bonds is 7. The number of hydrogen-bond donors (Lipinski definition) is 2. The maximum absolute atomic E-state index is 12.8. The number of Topliss-reactive ketones (excluding diaryl/α,β-unsaturated/α-hetero) is 1. The Morgan fingerprint density at radius 2 is 2.04 bits per heavy atom. The van der Waals surface area contributed by atoms with Crippen molar-refractivity contribution in [1.29, 1.82) is 0 Å². The van der Waals surface area contributed by atoms with Gasteiger partial charge in [-0.1, -0.05) is 26.0 Å². The highest BCUT2D eigenvalue weighted by molar-refractivity contribution is 6.62. The van der Waals surface area contributed by atoms with Crippen molar-refractivity contribution < 1.29 is 24.0 Å². The molecule has 6 nitrogen and oxygen atoms in total. The molecule has 0 amide bonds. The Kier molecular flexibility index (Phi) is 6.91. The summed E-state index contributed by atoms with van der Waals surface area (Å²) in [7, 11) is -0.967. The molecule has 2 aliphatic heterocycles. The average molecular weight is 387 g/mol. The van der Waals surface area contributed by atoms with Crippen LogP contribution in [0.1, 0.15) is 61.0 Å². The fourth-order valence-corrected chi connectivity index (χ4v) is 4.12. The highest BCUT2D eigenvalue weighted by atomic mass is 16.5. The van der Waals surface area contributed by atoms with Crippen LogP contribution in [0.2, 0.25) is 0 Å². The van der Waals surface area contributed by atoms with Crippen LogP contribution >= 0.6 is 0 Å². The number of esters is 1. The molecule has 2 N–H and O–H groups in total. The van der Waals surface area contributed by atoms with Gasteiger partial charge in [-0.15, -0.1) is 0 Å². The van der Waals surface area contributed by atoms with Gasteiger partial charge in [0.2, 0.25) is 0 Å². The zero-order valence-corrected chi connectivity index (χ0v) is 17.0. The number of benzene rings is 1. The zero-order valence-electron chi connectivity index (χ0n) is 17.0. The maximum Gasteiger partial charge on any atom is 0.492 e. The number of ketones is 1. The quantitative estimate of drug-likeness (QED) is 0.421.